The second-order valence-corrected chi connectivity index (χ2v) is 9.50. The molecule has 0 amide bonds. The van der Waals surface area contributed by atoms with Crippen molar-refractivity contribution >= 4 is 39.9 Å². The fraction of sp³-hybridized carbons (Fsp3) is 0.533. The Morgan fingerprint density at radius 1 is 1.33 bits per heavy atom. The van der Waals surface area contributed by atoms with E-state index in [4.69, 9.17) is 0 Å². The van der Waals surface area contributed by atoms with Gasteiger partial charge in [0.15, 0.2) is 0 Å². The lowest BCUT2D eigenvalue weighted by Crippen LogP contribution is -2.60. The molecule has 1 N–H and O–H groups in total. The van der Waals surface area contributed by atoms with Crippen molar-refractivity contribution in [3.05, 3.63) is 35.6 Å². The maximum atomic E-state index is 14.8. The number of carbonyl (C=O) groups excluding carboxylic acids is 1. The normalized spacial score (nSPS) is 16.4. The lowest BCUT2D eigenvalue weighted by atomic mass is 10.0. The van der Waals surface area contributed by atoms with E-state index >= 15 is 0 Å². The summed E-state index contributed by atoms with van der Waals surface area (Å²) in [6.45, 7) is 5.82. The standard InChI is InChI=1S/C15H19F3INO3S/c1-5-23-12(21)14(17,18)15(19,20-24(22)13(2,3)4)10-8-6-7-9-11(10)16/h6-9,20H,5H2,1-4H3/t15-,24-/m1/s1. The van der Waals surface area contributed by atoms with Gasteiger partial charge in [0.1, 0.15) is 10.6 Å². The van der Waals surface area contributed by atoms with Crippen LogP contribution in [0.25, 0.3) is 0 Å². The number of nitrogens with one attached hydrogen (secondary N) is 1. The van der Waals surface area contributed by atoms with Gasteiger partial charge in [-0.2, -0.15) is 8.78 Å². The monoisotopic (exact) mass is 477 g/mol. The summed E-state index contributed by atoms with van der Waals surface area (Å²) in [6.07, 6.45) is 0. The fourth-order valence-corrected chi connectivity index (χ4v) is 3.73. The van der Waals surface area contributed by atoms with Crippen LogP contribution in [-0.2, 0) is 24.4 Å². The summed E-state index contributed by atoms with van der Waals surface area (Å²) in [5, 5.41) is 0. The number of alkyl halides is 3. The zero-order valence-electron chi connectivity index (χ0n) is 13.7. The maximum Gasteiger partial charge on any atom is 0.380 e. The average Bonchev–Trinajstić information content (AvgIpc) is 2.46. The van der Waals surface area contributed by atoms with Crippen LogP contribution >= 0.6 is 22.6 Å². The van der Waals surface area contributed by atoms with Gasteiger partial charge in [-0.15, -0.1) is 4.72 Å². The molecular formula is C15H19F3INO3S. The Morgan fingerprint density at radius 2 is 1.88 bits per heavy atom. The molecule has 136 valence electrons. The minimum Gasteiger partial charge on any atom is -0.598 e. The van der Waals surface area contributed by atoms with Crippen LogP contribution in [-0.4, -0.2) is 27.8 Å². The number of rotatable bonds is 6. The molecule has 0 bridgehead atoms. The number of ether oxygens (including phenoxy) is 1. The van der Waals surface area contributed by atoms with E-state index in [1.807, 2.05) is 0 Å². The van der Waals surface area contributed by atoms with Crippen LogP contribution in [0.5, 0.6) is 0 Å². The summed E-state index contributed by atoms with van der Waals surface area (Å²) >= 11 is -0.770. The summed E-state index contributed by atoms with van der Waals surface area (Å²) in [5.41, 5.74) is -0.485. The molecule has 0 saturated carbocycles. The van der Waals surface area contributed by atoms with Gasteiger partial charge in [0.2, 0.25) is 3.55 Å². The van der Waals surface area contributed by atoms with Crippen molar-refractivity contribution in [2.75, 3.05) is 6.61 Å². The van der Waals surface area contributed by atoms with Gasteiger partial charge in [-0.05, 0) is 56.4 Å². The van der Waals surface area contributed by atoms with Crippen LogP contribution in [0, 0.1) is 5.82 Å². The third-order valence-corrected chi connectivity index (χ3v) is 6.50. The van der Waals surface area contributed by atoms with Crippen molar-refractivity contribution in [1.82, 2.24) is 4.72 Å². The van der Waals surface area contributed by atoms with Crippen molar-refractivity contribution in [3.63, 3.8) is 0 Å². The number of halogens is 4. The average molecular weight is 477 g/mol. The van der Waals surface area contributed by atoms with Crippen molar-refractivity contribution < 1.29 is 27.3 Å². The molecule has 0 aliphatic rings. The van der Waals surface area contributed by atoms with E-state index in [0.717, 1.165) is 12.1 Å². The smallest absolute Gasteiger partial charge is 0.380 e. The molecule has 0 saturated heterocycles. The van der Waals surface area contributed by atoms with Crippen molar-refractivity contribution in [2.24, 2.45) is 0 Å². The Kier molecular flexibility index (Phi) is 6.99. The Bertz CT molecular complexity index is 598. The fourth-order valence-electron chi connectivity index (χ4n) is 1.67. The topological polar surface area (TPSA) is 61.4 Å². The first-order chi connectivity index (χ1) is 10.9. The second-order valence-electron chi connectivity index (χ2n) is 5.92. The number of hydrogen-bond donors (Lipinski definition) is 1. The third kappa shape index (κ3) is 4.36. The van der Waals surface area contributed by atoms with E-state index < -0.39 is 42.9 Å². The van der Waals surface area contributed by atoms with E-state index in [-0.39, 0.29) is 6.61 Å². The summed E-state index contributed by atoms with van der Waals surface area (Å²) in [7, 11) is 0. The highest BCUT2D eigenvalue weighted by molar-refractivity contribution is 14.1. The highest BCUT2D eigenvalue weighted by Gasteiger charge is 2.64. The molecule has 1 rings (SSSR count). The van der Waals surface area contributed by atoms with Crippen LogP contribution in [0.3, 0.4) is 0 Å². The molecule has 0 unspecified atom stereocenters. The molecule has 0 aliphatic heterocycles. The molecule has 0 fully saturated rings. The van der Waals surface area contributed by atoms with Gasteiger partial charge in [0, 0.05) is 16.9 Å². The SMILES string of the molecule is CCOC(=O)C(F)(F)[C@](I)(N[S@+]([O-])C(C)(C)C)c1ccccc1F. The lowest BCUT2D eigenvalue weighted by molar-refractivity contribution is -0.176. The van der Waals surface area contributed by atoms with Crippen molar-refractivity contribution in [1.29, 1.82) is 0 Å². The lowest BCUT2D eigenvalue weighted by Gasteiger charge is -2.37. The molecule has 0 aliphatic carbocycles. The first-order valence-electron chi connectivity index (χ1n) is 7.06. The first-order valence-corrected chi connectivity index (χ1v) is 9.29. The van der Waals surface area contributed by atoms with Crippen LogP contribution in [0.1, 0.15) is 33.3 Å². The quantitative estimate of drug-likeness (QED) is 0.224. The Morgan fingerprint density at radius 3 is 2.33 bits per heavy atom. The van der Waals surface area contributed by atoms with E-state index in [9.17, 15) is 22.5 Å². The molecular weight excluding hydrogens is 458 g/mol. The zero-order valence-corrected chi connectivity index (χ0v) is 16.6. The Balaban J connectivity index is 3.47. The number of esters is 1. The molecule has 0 radical (unpaired) electrons. The van der Waals surface area contributed by atoms with Gasteiger partial charge in [0.05, 0.1) is 6.61 Å². The van der Waals surface area contributed by atoms with Crippen LogP contribution in [0.2, 0.25) is 0 Å². The summed E-state index contributed by atoms with van der Waals surface area (Å²) < 4.78 is 59.4. The van der Waals surface area contributed by atoms with Crippen molar-refractivity contribution in [2.45, 2.75) is 41.9 Å². The van der Waals surface area contributed by atoms with E-state index in [0.29, 0.717) is 0 Å². The van der Waals surface area contributed by atoms with Gasteiger partial charge >= 0.3 is 11.9 Å². The van der Waals surface area contributed by atoms with Crippen molar-refractivity contribution in [3.8, 4) is 0 Å². The minimum atomic E-state index is -4.16. The zero-order chi connectivity index (χ0) is 18.8. The predicted molar refractivity (Wildman–Crippen MR) is 94.7 cm³/mol. The summed E-state index contributed by atoms with van der Waals surface area (Å²) in [6, 6.07) is 4.79. The summed E-state index contributed by atoms with van der Waals surface area (Å²) in [4.78, 5) is 11.8. The van der Waals surface area contributed by atoms with E-state index in [2.05, 4.69) is 9.46 Å². The molecule has 0 spiro atoms. The van der Waals surface area contributed by atoms with Crippen LogP contribution in [0.15, 0.2) is 24.3 Å². The highest BCUT2D eigenvalue weighted by Crippen LogP contribution is 2.46. The third-order valence-electron chi connectivity index (χ3n) is 3.00. The summed E-state index contributed by atoms with van der Waals surface area (Å²) in [5.74, 6) is -6.93. The van der Waals surface area contributed by atoms with Crippen LogP contribution < -0.4 is 4.72 Å². The Labute approximate surface area is 156 Å². The number of carbonyl (C=O) groups is 1. The number of hydrogen-bond acceptors (Lipinski definition) is 4. The Hall–Kier alpha value is -0.520. The van der Waals surface area contributed by atoms with Gasteiger partial charge < -0.3 is 9.29 Å². The van der Waals surface area contributed by atoms with E-state index in [1.165, 1.54) is 41.6 Å². The number of benzene rings is 1. The molecule has 2 atom stereocenters. The molecule has 1 aromatic carbocycles. The first kappa shape index (κ1) is 21.5. The van der Waals surface area contributed by atoms with Gasteiger partial charge in [-0.1, -0.05) is 18.2 Å². The van der Waals surface area contributed by atoms with Crippen LogP contribution in [0.4, 0.5) is 13.2 Å². The predicted octanol–water partition coefficient (Wildman–Crippen LogP) is 3.66. The maximum absolute atomic E-state index is 14.8. The van der Waals surface area contributed by atoms with Gasteiger partial charge in [-0.3, -0.25) is 0 Å². The largest absolute Gasteiger partial charge is 0.598 e. The molecule has 4 nitrogen and oxygen atoms in total. The molecule has 0 aromatic heterocycles. The molecule has 9 heteroatoms. The molecule has 24 heavy (non-hydrogen) atoms. The molecule has 1 aromatic rings. The second kappa shape index (κ2) is 7.79. The highest BCUT2D eigenvalue weighted by atomic mass is 127. The molecule has 0 heterocycles. The van der Waals surface area contributed by atoms with Gasteiger partial charge in [-0.25, -0.2) is 9.18 Å². The van der Waals surface area contributed by atoms with E-state index in [1.54, 1.807) is 20.8 Å². The minimum absolute atomic E-state index is 0.263. The van der Waals surface area contributed by atoms with Gasteiger partial charge in [0.25, 0.3) is 0 Å².